The molecule has 0 saturated carbocycles. The van der Waals surface area contributed by atoms with E-state index in [1.165, 1.54) is 0 Å². The van der Waals surface area contributed by atoms with Crippen LogP contribution in [0.5, 0.6) is 0 Å². The van der Waals surface area contributed by atoms with Crippen molar-refractivity contribution in [3.05, 3.63) is 0 Å². The molecule has 2 atom stereocenters. The molecule has 2 saturated heterocycles. The molecule has 5 heteroatoms. The molecule has 0 aromatic rings. The number of ketones is 1. The molecule has 2 fully saturated rings. The van der Waals surface area contributed by atoms with E-state index in [0.29, 0.717) is 13.2 Å². The van der Waals surface area contributed by atoms with Crippen LogP contribution in [0.4, 0.5) is 0 Å². The standard InChI is InChI=1S/C7H12N2O3/c10-5(6-8-1-3-11-6)7-9-2-4-12-7/h6-9H,1-4H2. The summed E-state index contributed by atoms with van der Waals surface area (Å²) in [5, 5.41) is 5.88. The average molecular weight is 172 g/mol. The van der Waals surface area contributed by atoms with Crippen LogP contribution in [0.25, 0.3) is 0 Å². The van der Waals surface area contributed by atoms with Crippen molar-refractivity contribution in [2.45, 2.75) is 12.5 Å². The summed E-state index contributed by atoms with van der Waals surface area (Å²) < 4.78 is 10.3. The van der Waals surface area contributed by atoms with E-state index in [1.807, 2.05) is 0 Å². The molecule has 68 valence electrons. The number of nitrogens with one attached hydrogen (secondary N) is 2. The number of carbonyl (C=O) groups is 1. The van der Waals surface area contributed by atoms with E-state index in [2.05, 4.69) is 10.6 Å². The van der Waals surface area contributed by atoms with Crippen LogP contribution in [0.15, 0.2) is 0 Å². The first-order valence-electron chi connectivity index (χ1n) is 4.11. The summed E-state index contributed by atoms with van der Waals surface area (Å²) >= 11 is 0. The van der Waals surface area contributed by atoms with Crippen LogP contribution in [-0.4, -0.2) is 44.5 Å². The van der Waals surface area contributed by atoms with Gasteiger partial charge in [-0.05, 0) is 0 Å². The van der Waals surface area contributed by atoms with Crippen LogP contribution in [0, 0.1) is 0 Å². The Morgan fingerprint density at radius 3 is 1.92 bits per heavy atom. The van der Waals surface area contributed by atoms with Gasteiger partial charge in [0, 0.05) is 13.1 Å². The molecule has 12 heavy (non-hydrogen) atoms. The molecule has 0 aromatic heterocycles. The third kappa shape index (κ3) is 1.49. The summed E-state index contributed by atoms with van der Waals surface area (Å²) in [6, 6.07) is 0. The number of hydrogen-bond donors (Lipinski definition) is 2. The highest BCUT2D eigenvalue weighted by molar-refractivity contribution is 5.87. The fourth-order valence-electron chi connectivity index (χ4n) is 1.35. The molecular formula is C7H12N2O3. The predicted octanol–water partition coefficient (Wildman–Crippen LogP) is -1.55. The maximum Gasteiger partial charge on any atom is 0.219 e. The van der Waals surface area contributed by atoms with Crippen LogP contribution < -0.4 is 10.6 Å². The lowest BCUT2D eigenvalue weighted by molar-refractivity contribution is -0.139. The van der Waals surface area contributed by atoms with E-state index < -0.39 is 12.5 Å². The molecule has 2 aliphatic rings. The molecule has 0 aliphatic carbocycles. The summed E-state index contributed by atoms with van der Waals surface area (Å²) in [7, 11) is 0. The number of Topliss-reactive ketones (excluding diaryl/α,β-unsaturated/α-hetero) is 1. The lowest BCUT2D eigenvalue weighted by Crippen LogP contribution is -2.44. The maximum atomic E-state index is 11.5. The van der Waals surface area contributed by atoms with Gasteiger partial charge in [-0.15, -0.1) is 0 Å². The smallest absolute Gasteiger partial charge is 0.219 e. The van der Waals surface area contributed by atoms with Gasteiger partial charge in [-0.25, -0.2) is 0 Å². The van der Waals surface area contributed by atoms with E-state index in [0.717, 1.165) is 13.1 Å². The monoisotopic (exact) mass is 172 g/mol. The van der Waals surface area contributed by atoms with E-state index in [9.17, 15) is 4.79 Å². The number of rotatable bonds is 2. The van der Waals surface area contributed by atoms with Crippen molar-refractivity contribution in [1.29, 1.82) is 0 Å². The largest absolute Gasteiger partial charge is 0.354 e. The second-order valence-corrected chi connectivity index (χ2v) is 2.81. The molecule has 5 nitrogen and oxygen atoms in total. The zero-order valence-electron chi connectivity index (χ0n) is 6.71. The molecular weight excluding hydrogens is 160 g/mol. The van der Waals surface area contributed by atoms with E-state index in [1.54, 1.807) is 0 Å². The van der Waals surface area contributed by atoms with Gasteiger partial charge in [0.05, 0.1) is 13.2 Å². The third-order valence-electron chi connectivity index (χ3n) is 1.95. The Hall–Kier alpha value is -0.490. The quantitative estimate of drug-likeness (QED) is 0.528. The fourth-order valence-corrected chi connectivity index (χ4v) is 1.35. The van der Waals surface area contributed by atoms with Gasteiger partial charge < -0.3 is 9.47 Å². The molecule has 2 N–H and O–H groups in total. The highest BCUT2D eigenvalue weighted by Crippen LogP contribution is 2.04. The number of ether oxygens (including phenoxy) is 2. The van der Waals surface area contributed by atoms with Gasteiger partial charge in [0.25, 0.3) is 0 Å². The summed E-state index contributed by atoms with van der Waals surface area (Å²) in [5.41, 5.74) is 0. The second-order valence-electron chi connectivity index (χ2n) is 2.81. The molecule has 0 aromatic carbocycles. The molecule has 0 amide bonds. The number of hydrogen-bond acceptors (Lipinski definition) is 5. The van der Waals surface area contributed by atoms with Crippen LogP contribution in [0.3, 0.4) is 0 Å². The van der Waals surface area contributed by atoms with Crippen LogP contribution in [0.1, 0.15) is 0 Å². The molecule has 2 heterocycles. The van der Waals surface area contributed by atoms with Gasteiger partial charge >= 0.3 is 0 Å². The molecule has 2 rings (SSSR count). The summed E-state index contributed by atoms with van der Waals surface area (Å²) in [4.78, 5) is 11.5. The van der Waals surface area contributed by atoms with E-state index in [4.69, 9.17) is 9.47 Å². The first-order valence-corrected chi connectivity index (χ1v) is 4.11. The number of carbonyl (C=O) groups excluding carboxylic acids is 1. The van der Waals surface area contributed by atoms with Crippen LogP contribution in [-0.2, 0) is 14.3 Å². The SMILES string of the molecule is O=C(C1NCCO1)C1NCCO1. The van der Waals surface area contributed by atoms with Gasteiger partial charge in [0.15, 0.2) is 12.5 Å². The molecule has 2 aliphatic heterocycles. The average Bonchev–Trinajstić information content (AvgIpc) is 2.77. The summed E-state index contributed by atoms with van der Waals surface area (Å²) in [6.07, 6.45) is -0.943. The van der Waals surface area contributed by atoms with Gasteiger partial charge in [-0.2, -0.15) is 0 Å². The molecule has 0 radical (unpaired) electrons. The van der Waals surface area contributed by atoms with Crippen LogP contribution >= 0.6 is 0 Å². The van der Waals surface area contributed by atoms with E-state index >= 15 is 0 Å². The molecule has 0 bridgehead atoms. The first-order chi connectivity index (χ1) is 5.88. The first kappa shape index (κ1) is 8.12. The van der Waals surface area contributed by atoms with Gasteiger partial charge in [0.2, 0.25) is 5.78 Å². The Labute approximate surface area is 70.4 Å². The van der Waals surface area contributed by atoms with Crippen molar-refractivity contribution < 1.29 is 14.3 Å². The van der Waals surface area contributed by atoms with Crippen molar-refractivity contribution in [1.82, 2.24) is 10.6 Å². The second kappa shape index (κ2) is 3.49. The Balaban J connectivity index is 1.89. The third-order valence-corrected chi connectivity index (χ3v) is 1.95. The Morgan fingerprint density at radius 2 is 1.58 bits per heavy atom. The van der Waals surface area contributed by atoms with Gasteiger partial charge in [0.1, 0.15) is 0 Å². The van der Waals surface area contributed by atoms with Crippen molar-refractivity contribution in [3.63, 3.8) is 0 Å². The highest BCUT2D eigenvalue weighted by Gasteiger charge is 2.32. The van der Waals surface area contributed by atoms with Crippen molar-refractivity contribution >= 4 is 5.78 Å². The lowest BCUT2D eigenvalue weighted by atomic mass is 10.3. The Kier molecular flexibility index (Phi) is 2.36. The molecule has 0 spiro atoms. The van der Waals surface area contributed by atoms with Gasteiger partial charge in [-0.1, -0.05) is 0 Å². The van der Waals surface area contributed by atoms with Crippen molar-refractivity contribution in [2.75, 3.05) is 26.3 Å². The topological polar surface area (TPSA) is 59.6 Å². The normalized spacial score (nSPS) is 35.7. The van der Waals surface area contributed by atoms with Gasteiger partial charge in [-0.3, -0.25) is 15.4 Å². The van der Waals surface area contributed by atoms with Crippen LogP contribution in [0.2, 0.25) is 0 Å². The van der Waals surface area contributed by atoms with E-state index in [-0.39, 0.29) is 5.78 Å². The van der Waals surface area contributed by atoms with Crippen molar-refractivity contribution in [2.24, 2.45) is 0 Å². The molecule has 2 unspecified atom stereocenters. The minimum atomic E-state index is -0.472. The zero-order valence-corrected chi connectivity index (χ0v) is 6.71. The maximum absolute atomic E-state index is 11.5. The highest BCUT2D eigenvalue weighted by atomic mass is 16.5. The summed E-state index contributed by atoms with van der Waals surface area (Å²) in [5.74, 6) is -0.0509. The minimum Gasteiger partial charge on any atom is -0.354 e. The summed E-state index contributed by atoms with van der Waals surface area (Å²) in [6.45, 7) is 2.68. The fraction of sp³-hybridized carbons (Fsp3) is 0.857. The zero-order chi connectivity index (χ0) is 8.39. The lowest BCUT2D eigenvalue weighted by Gasteiger charge is -2.13. The minimum absolute atomic E-state index is 0.0509. The Morgan fingerprint density at radius 1 is 1.08 bits per heavy atom. The predicted molar refractivity (Wildman–Crippen MR) is 40.5 cm³/mol. The Bertz CT molecular complexity index is 155. The van der Waals surface area contributed by atoms with Crippen molar-refractivity contribution in [3.8, 4) is 0 Å².